The van der Waals surface area contributed by atoms with E-state index in [0.717, 1.165) is 38.8 Å². The molecule has 102 valence electrons. The smallest absolute Gasteiger partial charge is 0.320 e. The maximum absolute atomic E-state index is 11.3. The molecule has 3 fully saturated rings. The van der Waals surface area contributed by atoms with Crippen molar-refractivity contribution in [3.05, 3.63) is 0 Å². The van der Waals surface area contributed by atoms with Gasteiger partial charge in [-0.1, -0.05) is 12.8 Å². The Labute approximate surface area is 108 Å². The number of ether oxygens (including phenoxy) is 1. The van der Waals surface area contributed by atoms with E-state index >= 15 is 0 Å². The molecule has 2 heterocycles. The van der Waals surface area contributed by atoms with Gasteiger partial charge in [-0.15, -0.1) is 0 Å². The highest BCUT2D eigenvalue weighted by Crippen LogP contribution is 2.42. The molecule has 18 heavy (non-hydrogen) atoms. The van der Waals surface area contributed by atoms with E-state index in [9.17, 15) is 9.90 Å². The molecule has 1 N–H and O–H groups in total. The van der Waals surface area contributed by atoms with Crippen LogP contribution in [0.4, 0.5) is 0 Å². The lowest BCUT2D eigenvalue weighted by atomic mass is 9.88. The predicted molar refractivity (Wildman–Crippen MR) is 67.5 cm³/mol. The average Bonchev–Trinajstić information content (AvgIpc) is 2.98. The minimum Gasteiger partial charge on any atom is -0.480 e. The Bertz CT molecular complexity index is 325. The maximum Gasteiger partial charge on any atom is 0.320 e. The van der Waals surface area contributed by atoms with E-state index in [0.29, 0.717) is 6.04 Å². The summed E-state index contributed by atoms with van der Waals surface area (Å²) in [4.78, 5) is 13.5. The average molecular weight is 253 g/mol. The summed E-state index contributed by atoms with van der Waals surface area (Å²) < 4.78 is 6.04. The summed E-state index contributed by atoms with van der Waals surface area (Å²) in [7, 11) is 0. The minimum atomic E-state index is -0.639. The Balaban J connectivity index is 1.70. The zero-order valence-corrected chi connectivity index (χ0v) is 10.9. The molecule has 1 spiro atoms. The first-order chi connectivity index (χ1) is 8.70. The van der Waals surface area contributed by atoms with Crippen LogP contribution in [-0.2, 0) is 9.53 Å². The van der Waals surface area contributed by atoms with Gasteiger partial charge in [0.05, 0.1) is 5.60 Å². The summed E-state index contributed by atoms with van der Waals surface area (Å²) in [6, 6.07) is 0.187. The van der Waals surface area contributed by atoms with Gasteiger partial charge in [0, 0.05) is 12.6 Å². The van der Waals surface area contributed by atoms with Crippen LogP contribution in [0.15, 0.2) is 0 Å². The largest absolute Gasteiger partial charge is 0.480 e. The number of likely N-dealkylation sites (tertiary alicyclic amines) is 1. The molecule has 1 aliphatic carbocycles. The standard InChI is InChI=1S/C14H23NO3/c16-13(17)12-4-3-8-15(12)11-5-9-18-14(10-11)6-1-2-7-14/h11-12H,1-10H2,(H,16,17). The molecule has 2 unspecified atom stereocenters. The zero-order chi connectivity index (χ0) is 12.6. The van der Waals surface area contributed by atoms with Gasteiger partial charge in [-0.2, -0.15) is 0 Å². The number of hydrogen-bond donors (Lipinski definition) is 1. The van der Waals surface area contributed by atoms with Crippen molar-refractivity contribution in [1.82, 2.24) is 4.90 Å². The second-order valence-electron chi connectivity index (χ2n) is 6.12. The Morgan fingerprint density at radius 3 is 2.72 bits per heavy atom. The third-order valence-corrected chi connectivity index (χ3v) is 5.03. The number of nitrogens with zero attached hydrogens (tertiary/aromatic N) is 1. The van der Waals surface area contributed by atoms with Gasteiger partial charge < -0.3 is 9.84 Å². The third-order valence-electron chi connectivity index (χ3n) is 5.03. The topological polar surface area (TPSA) is 49.8 Å². The van der Waals surface area contributed by atoms with Crippen molar-refractivity contribution >= 4 is 5.97 Å². The normalized spacial score (nSPS) is 36.2. The van der Waals surface area contributed by atoms with Gasteiger partial charge in [0.1, 0.15) is 6.04 Å². The molecule has 3 aliphatic rings. The highest BCUT2D eigenvalue weighted by atomic mass is 16.5. The monoisotopic (exact) mass is 253 g/mol. The van der Waals surface area contributed by atoms with E-state index in [4.69, 9.17) is 4.74 Å². The summed E-state index contributed by atoms with van der Waals surface area (Å²) in [5.41, 5.74) is 0.0918. The summed E-state index contributed by atoms with van der Waals surface area (Å²) in [6.45, 7) is 1.77. The molecular formula is C14H23NO3. The fraction of sp³-hybridized carbons (Fsp3) is 0.929. The van der Waals surface area contributed by atoms with Gasteiger partial charge >= 0.3 is 5.97 Å². The SMILES string of the molecule is O=C(O)C1CCCN1C1CCOC2(CCCC2)C1. The predicted octanol–water partition coefficient (Wildman–Crippen LogP) is 2.03. The molecule has 3 rings (SSSR count). The first-order valence-corrected chi connectivity index (χ1v) is 7.33. The van der Waals surface area contributed by atoms with Crippen LogP contribution >= 0.6 is 0 Å². The molecule has 4 heteroatoms. The van der Waals surface area contributed by atoms with Gasteiger partial charge in [0.25, 0.3) is 0 Å². The van der Waals surface area contributed by atoms with E-state index in [1.165, 1.54) is 25.7 Å². The zero-order valence-electron chi connectivity index (χ0n) is 10.9. The summed E-state index contributed by atoms with van der Waals surface area (Å²) in [5, 5.41) is 9.30. The number of rotatable bonds is 2. The molecule has 0 amide bonds. The Morgan fingerprint density at radius 1 is 1.22 bits per heavy atom. The molecule has 0 aromatic heterocycles. The fourth-order valence-corrected chi connectivity index (χ4v) is 4.14. The molecule has 2 aliphatic heterocycles. The van der Waals surface area contributed by atoms with E-state index in [2.05, 4.69) is 4.90 Å². The van der Waals surface area contributed by atoms with Crippen LogP contribution in [0, 0.1) is 0 Å². The van der Waals surface area contributed by atoms with Crippen LogP contribution in [0.3, 0.4) is 0 Å². The van der Waals surface area contributed by atoms with Crippen molar-refractivity contribution in [3.8, 4) is 0 Å². The highest BCUT2D eigenvalue weighted by Gasteiger charge is 2.44. The van der Waals surface area contributed by atoms with Gasteiger partial charge in [-0.25, -0.2) is 0 Å². The van der Waals surface area contributed by atoms with E-state index in [1.807, 2.05) is 0 Å². The summed E-state index contributed by atoms with van der Waals surface area (Å²) in [6.07, 6.45) is 8.80. The maximum atomic E-state index is 11.3. The van der Waals surface area contributed by atoms with Crippen LogP contribution in [-0.4, -0.2) is 46.8 Å². The van der Waals surface area contributed by atoms with Crippen molar-refractivity contribution in [2.75, 3.05) is 13.2 Å². The number of carbonyl (C=O) groups is 1. The summed E-state index contributed by atoms with van der Waals surface area (Å²) in [5.74, 6) is -0.639. The second-order valence-corrected chi connectivity index (χ2v) is 6.12. The second kappa shape index (κ2) is 4.82. The van der Waals surface area contributed by atoms with Crippen molar-refractivity contribution in [3.63, 3.8) is 0 Å². The van der Waals surface area contributed by atoms with Crippen LogP contribution in [0.5, 0.6) is 0 Å². The van der Waals surface area contributed by atoms with Crippen molar-refractivity contribution in [2.45, 2.75) is 69.1 Å². The molecule has 0 bridgehead atoms. The Morgan fingerprint density at radius 2 is 2.00 bits per heavy atom. The molecule has 0 aromatic rings. The lowest BCUT2D eigenvalue weighted by Gasteiger charge is -2.43. The first-order valence-electron chi connectivity index (χ1n) is 7.33. The quantitative estimate of drug-likeness (QED) is 0.818. The molecule has 4 nitrogen and oxygen atoms in total. The lowest BCUT2D eigenvalue weighted by molar-refractivity contribution is -0.146. The van der Waals surface area contributed by atoms with E-state index < -0.39 is 5.97 Å². The summed E-state index contributed by atoms with van der Waals surface area (Å²) >= 11 is 0. The van der Waals surface area contributed by atoms with Crippen LogP contribution < -0.4 is 0 Å². The Kier molecular flexibility index (Phi) is 3.32. The third kappa shape index (κ3) is 2.16. The number of carboxylic acids is 1. The molecule has 2 saturated heterocycles. The van der Waals surface area contributed by atoms with E-state index in [-0.39, 0.29) is 11.6 Å². The van der Waals surface area contributed by atoms with E-state index in [1.54, 1.807) is 0 Å². The van der Waals surface area contributed by atoms with Crippen molar-refractivity contribution in [1.29, 1.82) is 0 Å². The van der Waals surface area contributed by atoms with Gasteiger partial charge in [0.15, 0.2) is 0 Å². The van der Waals surface area contributed by atoms with Gasteiger partial charge in [0.2, 0.25) is 0 Å². The van der Waals surface area contributed by atoms with Gasteiger partial charge in [-0.05, 0) is 45.1 Å². The number of hydrogen-bond acceptors (Lipinski definition) is 3. The van der Waals surface area contributed by atoms with Crippen LogP contribution in [0.1, 0.15) is 51.4 Å². The minimum absolute atomic E-state index is 0.0918. The fourth-order valence-electron chi connectivity index (χ4n) is 4.14. The first kappa shape index (κ1) is 12.4. The molecule has 0 radical (unpaired) electrons. The molecule has 2 atom stereocenters. The van der Waals surface area contributed by atoms with Crippen molar-refractivity contribution < 1.29 is 14.6 Å². The highest BCUT2D eigenvalue weighted by molar-refractivity contribution is 5.73. The van der Waals surface area contributed by atoms with Gasteiger partial charge in [-0.3, -0.25) is 9.69 Å². The van der Waals surface area contributed by atoms with Crippen molar-refractivity contribution in [2.24, 2.45) is 0 Å². The molecular weight excluding hydrogens is 230 g/mol. The molecule has 1 saturated carbocycles. The Hall–Kier alpha value is -0.610. The van der Waals surface area contributed by atoms with Crippen LogP contribution in [0.25, 0.3) is 0 Å². The lowest BCUT2D eigenvalue weighted by Crippen LogP contribution is -2.50. The number of carboxylic acid groups (broad SMARTS) is 1. The van der Waals surface area contributed by atoms with Crippen LogP contribution in [0.2, 0.25) is 0 Å². The molecule has 0 aromatic carbocycles. The number of aliphatic carboxylic acids is 1.